The van der Waals surface area contributed by atoms with E-state index in [4.69, 9.17) is 4.42 Å². The highest BCUT2D eigenvalue weighted by molar-refractivity contribution is 6.99. The fraction of sp³-hybridized carbons (Fsp3) is 0.0667. The Bertz CT molecular complexity index is 800. The molecule has 0 fully saturated rings. The number of carbonyl (C=O) groups excluding carboxylic acids is 2. The standard InChI is InChI=1S/C15H12N4O3S/c20-14(16-8-10-4-3-7-22-10)11-5-1-2-6-12(11)18-15(21)13-9-17-23-19-13/h1-7,9H,8H2,(H,16,20)(H,18,21). The van der Waals surface area contributed by atoms with Gasteiger partial charge in [0, 0.05) is 0 Å². The molecule has 7 nitrogen and oxygen atoms in total. The van der Waals surface area contributed by atoms with Gasteiger partial charge in [0.05, 0.1) is 42.0 Å². The van der Waals surface area contributed by atoms with Crippen molar-refractivity contribution in [2.45, 2.75) is 6.54 Å². The summed E-state index contributed by atoms with van der Waals surface area (Å²) in [5, 5.41) is 5.41. The van der Waals surface area contributed by atoms with Crippen LogP contribution in [0.25, 0.3) is 0 Å². The monoisotopic (exact) mass is 328 g/mol. The van der Waals surface area contributed by atoms with Gasteiger partial charge in [0.1, 0.15) is 5.76 Å². The van der Waals surface area contributed by atoms with E-state index >= 15 is 0 Å². The van der Waals surface area contributed by atoms with Crippen molar-refractivity contribution in [2.75, 3.05) is 5.32 Å². The van der Waals surface area contributed by atoms with E-state index in [1.54, 1.807) is 36.4 Å². The van der Waals surface area contributed by atoms with Crippen LogP contribution in [0.4, 0.5) is 5.69 Å². The van der Waals surface area contributed by atoms with E-state index in [0.717, 1.165) is 11.7 Å². The highest BCUT2D eigenvalue weighted by atomic mass is 32.1. The number of hydrogen-bond acceptors (Lipinski definition) is 6. The normalized spacial score (nSPS) is 10.3. The summed E-state index contributed by atoms with van der Waals surface area (Å²) >= 11 is 0.945. The topological polar surface area (TPSA) is 97.1 Å². The number of amides is 2. The van der Waals surface area contributed by atoms with E-state index < -0.39 is 5.91 Å². The zero-order valence-corrected chi connectivity index (χ0v) is 12.7. The molecule has 116 valence electrons. The van der Waals surface area contributed by atoms with Gasteiger partial charge in [0.2, 0.25) is 0 Å². The molecule has 0 saturated carbocycles. The van der Waals surface area contributed by atoms with Crippen molar-refractivity contribution in [3.05, 3.63) is 65.9 Å². The van der Waals surface area contributed by atoms with Crippen LogP contribution in [0, 0.1) is 0 Å². The summed E-state index contributed by atoms with van der Waals surface area (Å²) < 4.78 is 12.8. The third-order valence-electron chi connectivity index (χ3n) is 3.02. The predicted molar refractivity (Wildman–Crippen MR) is 84.2 cm³/mol. The van der Waals surface area contributed by atoms with Crippen molar-refractivity contribution < 1.29 is 14.0 Å². The third kappa shape index (κ3) is 3.61. The first-order valence-corrected chi connectivity index (χ1v) is 7.45. The molecular formula is C15H12N4O3S. The minimum absolute atomic E-state index is 0.209. The Kier molecular flexibility index (Phi) is 4.44. The van der Waals surface area contributed by atoms with Gasteiger partial charge in [-0.2, -0.15) is 8.75 Å². The summed E-state index contributed by atoms with van der Waals surface area (Å²) in [6.07, 6.45) is 2.91. The van der Waals surface area contributed by atoms with Crippen LogP contribution < -0.4 is 10.6 Å². The Morgan fingerprint density at radius 3 is 2.74 bits per heavy atom. The van der Waals surface area contributed by atoms with Gasteiger partial charge in [-0.25, -0.2) is 0 Å². The lowest BCUT2D eigenvalue weighted by Gasteiger charge is -2.10. The molecule has 3 aromatic rings. The number of aromatic nitrogens is 2. The Labute approximate surface area is 135 Å². The Hall–Kier alpha value is -3.00. The zero-order valence-electron chi connectivity index (χ0n) is 11.9. The number of nitrogens with one attached hydrogen (secondary N) is 2. The molecule has 0 spiro atoms. The van der Waals surface area contributed by atoms with Crippen LogP contribution in [0.1, 0.15) is 26.6 Å². The van der Waals surface area contributed by atoms with Crippen LogP contribution >= 0.6 is 11.7 Å². The summed E-state index contributed by atoms with van der Waals surface area (Å²) in [6.45, 7) is 0.268. The molecule has 23 heavy (non-hydrogen) atoms. The van der Waals surface area contributed by atoms with E-state index in [9.17, 15) is 9.59 Å². The Morgan fingerprint density at radius 1 is 1.13 bits per heavy atom. The average molecular weight is 328 g/mol. The molecular weight excluding hydrogens is 316 g/mol. The summed E-state index contributed by atoms with van der Waals surface area (Å²) in [5.41, 5.74) is 0.971. The van der Waals surface area contributed by atoms with E-state index in [1.165, 1.54) is 12.5 Å². The molecule has 0 aliphatic heterocycles. The summed E-state index contributed by atoms with van der Waals surface area (Å²) in [5.74, 6) is -0.0767. The number of para-hydroxylation sites is 1. The molecule has 0 radical (unpaired) electrons. The second-order valence-electron chi connectivity index (χ2n) is 4.55. The van der Waals surface area contributed by atoms with E-state index in [-0.39, 0.29) is 18.1 Å². The van der Waals surface area contributed by atoms with Gasteiger partial charge in [-0.05, 0) is 24.3 Å². The van der Waals surface area contributed by atoms with Crippen LogP contribution in [0.15, 0.2) is 53.3 Å². The first-order valence-electron chi connectivity index (χ1n) is 6.72. The maximum atomic E-state index is 12.3. The van der Waals surface area contributed by atoms with E-state index in [2.05, 4.69) is 19.4 Å². The van der Waals surface area contributed by atoms with E-state index in [0.29, 0.717) is 17.0 Å². The van der Waals surface area contributed by atoms with Gasteiger partial charge in [-0.1, -0.05) is 12.1 Å². The average Bonchev–Trinajstić information content (AvgIpc) is 3.26. The van der Waals surface area contributed by atoms with Gasteiger partial charge in [0.15, 0.2) is 5.69 Å². The van der Waals surface area contributed by atoms with Gasteiger partial charge in [-0.3, -0.25) is 9.59 Å². The Balaban J connectivity index is 1.72. The molecule has 2 aromatic heterocycles. The second-order valence-corrected chi connectivity index (χ2v) is 5.11. The second kappa shape index (κ2) is 6.84. The van der Waals surface area contributed by atoms with Crippen LogP contribution in [0.3, 0.4) is 0 Å². The molecule has 8 heteroatoms. The molecule has 0 unspecified atom stereocenters. The lowest BCUT2D eigenvalue weighted by atomic mass is 10.1. The van der Waals surface area contributed by atoms with Crippen LogP contribution in [0.2, 0.25) is 0 Å². The smallest absolute Gasteiger partial charge is 0.277 e. The van der Waals surface area contributed by atoms with Crippen molar-refractivity contribution >= 4 is 29.2 Å². The zero-order chi connectivity index (χ0) is 16.1. The van der Waals surface area contributed by atoms with Gasteiger partial charge >= 0.3 is 0 Å². The summed E-state index contributed by atoms with van der Waals surface area (Å²) in [7, 11) is 0. The fourth-order valence-corrected chi connectivity index (χ4v) is 2.33. The molecule has 2 amide bonds. The molecule has 3 rings (SSSR count). The molecule has 0 atom stereocenters. The predicted octanol–water partition coefficient (Wildman–Crippen LogP) is 2.31. The van der Waals surface area contributed by atoms with Crippen molar-refractivity contribution in [2.24, 2.45) is 0 Å². The number of anilines is 1. The SMILES string of the molecule is O=C(Nc1ccccc1C(=O)NCc1ccco1)c1cnsn1. The molecule has 2 heterocycles. The molecule has 0 bridgehead atoms. The number of carbonyl (C=O) groups is 2. The lowest BCUT2D eigenvalue weighted by molar-refractivity contribution is 0.0949. The van der Waals surface area contributed by atoms with Crippen LogP contribution in [-0.2, 0) is 6.54 Å². The number of furan rings is 1. The quantitative estimate of drug-likeness (QED) is 0.749. The molecule has 1 aromatic carbocycles. The number of hydrogen-bond donors (Lipinski definition) is 2. The molecule has 0 saturated heterocycles. The minimum atomic E-state index is -0.412. The van der Waals surface area contributed by atoms with Crippen molar-refractivity contribution in [3.8, 4) is 0 Å². The maximum absolute atomic E-state index is 12.3. The Morgan fingerprint density at radius 2 is 2.00 bits per heavy atom. The maximum Gasteiger partial charge on any atom is 0.277 e. The third-order valence-corrected chi connectivity index (χ3v) is 3.50. The van der Waals surface area contributed by atoms with Gasteiger partial charge in [-0.15, -0.1) is 0 Å². The molecule has 0 aliphatic carbocycles. The number of rotatable bonds is 5. The number of benzene rings is 1. The van der Waals surface area contributed by atoms with E-state index in [1.807, 2.05) is 0 Å². The minimum Gasteiger partial charge on any atom is -0.467 e. The van der Waals surface area contributed by atoms with Crippen molar-refractivity contribution in [1.29, 1.82) is 0 Å². The van der Waals surface area contributed by atoms with Gasteiger partial charge < -0.3 is 15.1 Å². The highest BCUT2D eigenvalue weighted by Gasteiger charge is 2.15. The first kappa shape index (κ1) is 14.9. The van der Waals surface area contributed by atoms with Crippen LogP contribution in [0.5, 0.6) is 0 Å². The highest BCUT2D eigenvalue weighted by Crippen LogP contribution is 2.16. The largest absolute Gasteiger partial charge is 0.467 e. The van der Waals surface area contributed by atoms with Crippen molar-refractivity contribution in [1.82, 2.24) is 14.1 Å². The van der Waals surface area contributed by atoms with Crippen molar-refractivity contribution in [3.63, 3.8) is 0 Å². The first-order chi connectivity index (χ1) is 11.2. The van der Waals surface area contributed by atoms with Gasteiger partial charge in [0.25, 0.3) is 11.8 Å². The van der Waals surface area contributed by atoms with Crippen LogP contribution in [-0.4, -0.2) is 20.6 Å². The molecule has 0 aliphatic rings. The lowest BCUT2D eigenvalue weighted by Crippen LogP contribution is -2.24. The fourth-order valence-electron chi connectivity index (χ4n) is 1.92. The number of nitrogens with zero attached hydrogens (tertiary/aromatic N) is 2. The summed E-state index contributed by atoms with van der Waals surface area (Å²) in [4.78, 5) is 24.3. The summed E-state index contributed by atoms with van der Waals surface area (Å²) in [6, 6.07) is 10.3. The molecule has 2 N–H and O–H groups in total.